The molecule has 0 radical (unpaired) electrons. The molecule has 3 N–H and O–H groups in total. The van der Waals surface area contributed by atoms with Crippen molar-refractivity contribution in [2.75, 3.05) is 22.1 Å². The number of benzene rings is 2. The lowest BCUT2D eigenvalue weighted by Gasteiger charge is -2.36. The number of nitrogens with one attached hydrogen (secondary N) is 3. The van der Waals surface area contributed by atoms with Gasteiger partial charge in [0.25, 0.3) is 5.56 Å². The van der Waals surface area contributed by atoms with Gasteiger partial charge < -0.3 is 20.3 Å². The van der Waals surface area contributed by atoms with Crippen molar-refractivity contribution in [1.29, 1.82) is 0 Å². The molecule has 0 bridgehead atoms. The van der Waals surface area contributed by atoms with Crippen molar-refractivity contribution in [3.05, 3.63) is 70.5 Å². The van der Waals surface area contributed by atoms with Gasteiger partial charge in [-0.05, 0) is 62.1 Å². The number of fused-ring (bicyclic) bond motifs is 1. The summed E-state index contributed by atoms with van der Waals surface area (Å²) in [6.07, 6.45) is 4.00. The summed E-state index contributed by atoms with van der Waals surface area (Å²) in [5.41, 5.74) is 0.320. The van der Waals surface area contributed by atoms with Crippen LogP contribution in [0.15, 0.2) is 59.4 Å². The molecule has 2 amide bonds. The number of hydrogen-bond acceptors (Lipinski definition) is 6. The molecule has 1 fully saturated rings. The van der Waals surface area contributed by atoms with Crippen LogP contribution < -0.4 is 25.8 Å². The van der Waals surface area contributed by atoms with Crippen LogP contribution >= 0.6 is 0 Å². The first-order valence-corrected chi connectivity index (χ1v) is 12.4. The highest BCUT2D eigenvalue weighted by Gasteiger charge is 2.35. The fourth-order valence-corrected chi connectivity index (χ4v) is 4.88. The molecule has 9 nitrogen and oxygen atoms in total. The van der Waals surface area contributed by atoms with Gasteiger partial charge in [-0.2, -0.15) is 4.98 Å². The second-order valence-electron chi connectivity index (χ2n) is 9.14. The van der Waals surface area contributed by atoms with E-state index in [-0.39, 0.29) is 29.8 Å². The number of anilines is 3. The quantitative estimate of drug-likeness (QED) is 0.475. The number of para-hydroxylation sites is 1. The van der Waals surface area contributed by atoms with E-state index in [1.165, 1.54) is 0 Å². The van der Waals surface area contributed by atoms with Gasteiger partial charge in [0.15, 0.2) is 0 Å². The molecule has 3 heterocycles. The molecular formula is C27H29N5O4. The highest BCUT2D eigenvalue weighted by molar-refractivity contribution is 6.04. The number of H-pyrrole nitrogens is 1. The average Bonchev–Trinajstić information content (AvgIpc) is 2.89. The number of aromatic amines is 1. The number of piperidine rings is 1. The molecule has 3 aromatic rings. The monoisotopic (exact) mass is 487 g/mol. The molecule has 2 aliphatic rings. The molecule has 0 saturated carbocycles. The van der Waals surface area contributed by atoms with E-state index in [0.717, 1.165) is 32.2 Å². The highest BCUT2D eigenvalue weighted by atomic mass is 16.5. The molecule has 0 spiro atoms. The van der Waals surface area contributed by atoms with Gasteiger partial charge in [0.1, 0.15) is 17.3 Å². The first-order chi connectivity index (χ1) is 17.5. The molecule has 9 heteroatoms. The van der Waals surface area contributed by atoms with E-state index >= 15 is 0 Å². The van der Waals surface area contributed by atoms with Gasteiger partial charge in [0, 0.05) is 24.7 Å². The van der Waals surface area contributed by atoms with E-state index in [1.807, 2.05) is 30.3 Å². The van der Waals surface area contributed by atoms with Crippen LogP contribution in [0.5, 0.6) is 11.5 Å². The average molecular weight is 488 g/mol. The summed E-state index contributed by atoms with van der Waals surface area (Å²) in [4.78, 5) is 48.3. The Morgan fingerprint density at radius 2 is 1.83 bits per heavy atom. The van der Waals surface area contributed by atoms with Gasteiger partial charge in [0.05, 0.1) is 11.5 Å². The van der Waals surface area contributed by atoms with Gasteiger partial charge in [-0.3, -0.25) is 19.4 Å². The molecule has 1 saturated heterocycles. The van der Waals surface area contributed by atoms with Crippen LogP contribution in [0, 0.1) is 0 Å². The van der Waals surface area contributed by atoms with Gasteiger partial charge >= 0.3 is 0 Å². The largest absolute Gasteiger partial charge is 0.457 e. The van der Waals surface area contributed by atoms with Crippen molar-refractivity contribution in [2.24, 2.45) is 0 Å². The van der Waals surface area contributed by atoms with Crippen LogP contribution in [0.3, 0.4) is 0 Å². The zero-order chi connectivity index (χ0) is 25.1. The Bertz CT molecular complexity index is 1310. The SMILES string of the molecule is CC[C@H]1CCCCN1c1nc2c(c(=O)[nH]1)[C@H](C(=O)Nc1ccc(Oc3ccccc3)cc1)CC(=O)N2. The number of carbonyl (C=O) groups is 2. The fraction of sp³-hybridized carbons (Fsp3) is 0.333. The Balaban J connectivity index is 1.35. The van der Waals surface area contributed by atoms with Crippen molar-refractivity contribution in [2.45, 2.75) is 51.0 Å². The number of hydrogen-bond donors (Lipinski definition) is 3. The summed E-state index contributed by atoms with van der Waals surface area (Å²) < 4.78 is 5.78. The Morgan fingerprint density at radius 3 is 2.58 bits per heavy atom. The zero-order valence-corrected chi connectivity index (χ0v) is 20.1. The number of carbonyl (C=O) groups excluding carboxylic acids is 2. The smallest absolute Gasteiger partial charge is 0.258 e. The summed E-state index contributed by atoms with van der Waals surface area (Å²) in [5, 5.41) is 5.52. The van der Waals surface area contributed by atoms with Crippen LogP contribution in [0.2, 0.25) is 0 Å². The molecule has 186 valence electrons. The summed E-state index contributed by atoms with van der Waals surface area (Å²) >= 11 is 0. The second-order valence-corrected chi connectivity index (χ2v) is 9.14. The summed E-state index contributed by atoms with van der Waals surface area (Å²) in [6.45, 7) is 2.91. The van der Waals surface area contributed by atoms with Crippen molar-refractivity contribution < 1.29 is 14.3 Å². The van der Waals surface area contributed by atoms with Gasteiger partial charge in [0.2, 0.25) is 17.8 Å². The molecule has 0 aliphatic carbocycles. The van der Waals surface area contributed by atoms with Crippen LogP contribution in [0.4, 0.5) is 17.5 Å². The maximum Gasteiger partial charge on any atom is 0.258 e. The van der Waals surface area contributed by atoms with Crippen LogP contribution in [0.1, 0.15) is 50.5 Å². The van der Waals surface area contributed by atoms with Crippen LogP contribution in [0.25, 0.3) is 0 Å². The fourth-order valence-electron chi connectivity index (χ4n) is 4.88. The standard InChI is InChI=1S/C27H29N5O4/c1-2-18-8-6-7-15-32(18)27-30-24-23(26(35)31-27)21(16-22(33)29-24)25(34)28-17-11-13-20(14-12-17)36-19-9-4-3-5-10-19/h3-5,9-14,18,21H,2,6-8,15-16H2,1H3,(H,28,34)(H2,29,30,31,33,35)/t18-,21+/m0/s1. The van der Waals surface area contributed by atoms with Gasteiger partial charge in [-0.1, -0.05) is 25.1 Å². The van der Waals surface area contributed by atoms with E-state index in [4.69, 9.17) is 4.74 Å². The number of aromatic nitrogens is 2. The van der Waals surface area contributed by atoms with Crippen LogP contribution in [-0.2, 0) is 9.59 Å². The minimum atomic E-state index is -0.942. The van der Waals surface area contributed by atoms with Gasteiger partial charge in [-0.15, -0.1) is 0 Å². The van der Waals surface area contributed by atoms with Crippen molar-refractivity contribution in [1.82, 2.24) is 9.97 Å². The molecule has 2 aliphatic heterocycles. The zero-order valence-electron chi connectivity index (χ0n) is 20.1. The Morgan fingerprint density at radius 1 is 1.08 bits per heavy atom. The molecule has 2 aromatic carbocycles. The van der Waals surface area contributed by atoms with E-state index in [0.29, 0.717) is 23.1 Å². The lowest BCUT2D eigenvalue weighted by Crippen LogP contribution is -2.43. The predicted molar refractivity (Wildman–Crippen MR) is 138 cm³/mol. The summed E-state index contributed by atoms with van der Waals surface area (Å²) in [7, 11) is 0. The van der Waals surface area contributed by atoms with Crippen molar-refractivity contribution >= 4 is 29.3 Å². The maximum atomic E-state index is 13.2. The molecule has 36 heavy (non-hydrogen) atoms. The molecule has 2 atom stereocenters. The molecule has 5 rings (SSSR count). The minimum absolute atomic E-state index is 0.126. The number of ether oxygens (including phenoxy) is 1. The van der Waals surface area contributed by atoms with Crippen molar-refractivity contribution in [3.63, 3.8) is 0 Å². The Labute approximate surface area is 208 Å². The minimum Gasteiger partial charge on any atom is -0.457 e. The van der Waals surface area contributed by atoms with Crippen LogP contribution in [-0.4, -0.2) is 34.4 Å². The summed E-state index contributed by atoms with van der Waals surface area (Å²) in [5.74, 6) is 0.217. The maximum absolute atomic E-state index is 13.2. The lowest BCUT2D eigenvalue weighted by atomic mass is 9.92. The third-order valence-corrected chi connectivity index (χ3v) is 6.73. The summed E-state index contributed by atoms with van der Waals surface area (Å²) in [6, 6.07) is 16.6. The normalized spacial score (nSPS) is 19.2. The Kier molecular flexibility index (Phi) is 6.71. The topological polar surface area (TPSA) is 116 Å². The van der Waals surface area contributed by atoms with E-state index in [2.05, 4.69) is 32.4 Å². The lowest BCUT2D eigenvalue weighted by molar-refractivity contribution is -0.123. The highest BCUT2D eigenvalue weighted by Crippen LogP contribution is 2.32. The molecule has 0 unspecified atom stereocenters. The Hall–Kier alpha value is -4.14. The van der Waals surface area contributed by atoms with Crippen molar-refractivity contribution in [3.8, 4) is 11.5 Å². The van der Waals surface area contributed by atoms with Gasteiger partial charge in [-0.25, -0.2) is 0 Å². The number of nitrogens with zero attached hydrogens (tertiary/aromatic N) is 2. The molecule has 1 aromatic heterocycles. The first-order valence-electron chi connectivity index (χ1n) is 12.4. The second kappa shape index (κ2) is 10.2. The predicted octanol–water partition coefficient (Wildman–Crippen LogP) is 4.40. The third-order valence-electron chi connectivity index (χ3n) is 6.73. The first kappa shape index (κ1) is 23.6. The van der Waals surface area contributed by atoms with E-state index in [9.17, 15) is 14.4 Å². The van der Waals surface area contributed by atoms with E-state index in [1.54, 1.807) is 24.3 Å². The number of amides is 2. The number of rotatable bonds is 6. The molecular weight excluding hydrogens is 458 g/mol. The third kappa shape index (κ3) is 4.95. The van der Waals surface area contributed by atoms with E-state index < -0.39 is 17.4 Å².